The van der Waals surface area contributed by atoms with Gasteiger partial charge in [-0.3, -0.25) is 14.4 Å². The Bertz CT molecular complexity index is 1290. The summed E-state index contributed by atoms with van der Waals surface area (Å²) in [5.74, 6) is -0.525. The molecule has 4 rings (SSSR count). The molecule has 0 saturated carbocycles. The summed E-state index contributed by atoms with van der Waals surface area (Å²) >= 11 is 0. The first-order valence-electron chi connectivity index (χ1n) is 10.4. The molecule has 3 aromatic rings. The maximum atomic E-state index is 13.3. The van der Waals surface area contributed by atoms with E-state index < -0.39 is 35.2 Å². The summed E-state index contributed by atoms with van der Waals surface area (Å²) in [6, 6.07) is 12.2. The molecule has 0 fully saturated rings. The van der Waals surface area contributed by atoms with Crippen molar-refractivity contribution < 1.29 is 33.0 Å². The predicted molar refractivity (Wildman–Crippen MR) is 119 cm³/mol. The molecule has 33 heavy (non-hydrogen) atoms. The van der Waals surface area contributed by atoms with Gasteiger partial charge in [0, 0.05) is 19.4 Å². The van der Waals surface area contributed by atoms with Gasteiger partial charge in [0.05, 0.1) is 18.1 Å². The molecular formula is C25H24O8. The number of hydrogen-bond donors (Lipinski definition) is 0. The van der Waals surface area contributed by atoms with Crippen LogP contribution < -0.4 is 14.9 Å². The predicted octanol–water partition coefficient (Wildman–Crippen LogP) is 4.18. The average molecular weight is 452 g/mol. The molecule has 1 aliphatic heterocycles. The van der Waals surface area contributed by atoms with Crippen LogP contribution in [0.5, 0.6) is 11.5 Å². The molecule has 0 amide bonds. The minimum absolute atomic E-state index is 0.0475. The molecule has 0 bridgehead atoms. The van der Waals surface area contributed by atoms with Crippen molar-refractivity contribution >= 4 is 22.9 Å². The van der Waals surface area contributed by atoms with E-state index in [4.69, 9.17) is 23.4 Å². The van der Waals surface area contributed by atoms with Crippen molar-refractivity contribution in [3.05, 3.63) is 58.3 Å². The van der Waals surface area contributed by atoms with E-state index in [1.165, 1.54) is 21.0 Å². The fourth-order valence-corrected chi connectivity index (χ4v) is 4.11. The smallest absolute Gasteiger partial charge is 0.303 e. The second-order valence-electron chi connectivity index (χ2n) is 8.28. The maximum Gasteiger partial charge on any atom is 0.303 e. The standard InChI is InChI=1S/C25H24O8/c1-13(26)30-22-18-17(33-25(3,4)24(22)31-14(2)27)12-11-16-19(28)23(29-5)20(32-21(16)18)15-9-7-6-8-10-15/h6-12,22,24H,1-5H3/t22-,24+/m1/s1. The summed E-state index contributed by atoms with van der Waals surface area (Å²) in [5.41, 5.74) is -0.317. The Morgan fingerprint density at radius 1 is 0.970 bits per heavy atom. The van der Waals surface area contributed by atoms with E-state index in [2.05, 4.69) is 0 Å². The fourth-order valence-electron chi connectivity index (χ4n) is 4.11. The number of carbonyl (C=O) groups is 2. The normalized spacial score (nSPS) is 18.7. The number of benzene rings is 2. The van der Waals surface area contributed by atoms with E-state index in [9.17, 15) is 14.4 Å². The Balaban J connectivity index is 2.07. The summed E-state index contributed by atoms with van der Waals surface area (Å²) in [7, 11) is 1.40. The van der Waals surface area contributed by atoms with Crippen LogP contribution >= 0.6 is 0 Å². The van der Waals surface area contributed by atoms with Gasteiger partial charge in [-0.25, -0.2) is 0 Å². The molecule has 0 spiro atoms. The number of fused-ring (bicyclic) bond motifs is 3. The van der Waals surface area contributed by atoms with Crippen molar-refractivity contribution in [2.24, 2.45) is 0 Å². The minimum atomic E-state index is -1.06. The van der Waals surface area contributed by atoms with Gasteiger partial charge in [0.25, 0.3) is 0 Å². The molecular weight excluding hydrogens is 428 g/mol. The van der Waals surface area contributed by atoms with Gasteiger partial charge in [0.15, 0.2) is 18.0 Å². The Kier molecular flexibility index (Phi) is 5.61. The van der Waals surface area contributed by atoms with E-state index in [1.807, 2.05) is 18.2 Å². The van der Waals surface area contributed by atoms with Crippen LogP contribution in [0, 0.1) is 0 Å². The van der Waals surface area contributed by atoms with Gasteiger partial charge in [0.1, 0.15) is 16.9 Å². The van der Waals surface area contributed by atoms with Crippen molar-refractivity contribution in [2.45, 2.75) is 45.5 Å². The van der Waals surface area contributed by atoms with Crippen LogP contribution in [0.3, 0.4) is 0 Å². The van der Waals surface area contributed by atoms with Gasteiger partial charge in [-0.15, -0.1) is 0 Å². The quantitative estimate of drug-likeness (QED) is 0.544. The molecule has 8 nitrogen and oxygen atoms in total. The Hall–Kier alpha value is -3.81. The lowest BCUT2D eigenvalue weighted by molar-refractivity contribution is -0.187. The molecule has 2 heterocycles. The number of carbonyl (C=O) groups excluding carboxylic acids is 2. The molecule has 1 aromatic heterocycles. The Morgan fingerprint density at radius 3 is 2.24 bits per heavy atom. The van der Waals surface area contributed by atoms with Crippen LogP contribution in [0.4, 0.5) is 0 Å². The average Bonchev–Trinajstić information content (AvgIpc) is 2.75. The molecule has 0 unspecified atom stereocenters. The van der Waals surface area contributed by atoms with E-state index in [-0.39, 0.29) is 22.5 Å². The number of methoxy groups -OCH3 is 1. The third kappa shape index (κ3) is 3.92. The topological polar surface area (TPSA) is 101 Å². The molecule has 8 heteroatoms. The lowest BCUT2D eigenvalue weighted by atomic mass is 9.87. The Labute approximate surface area is 190 Å². The first kappa shape index (κ1) is 22.4. The summed E-state index contributed by atoms with van der Waals surface area (Å²) in [6.07, 6.45) is -2.04. The lowest BCUT2D eigenvalue weighted by Crippen LogP contribution is -2.52. The van der Waals surface area contributed by atoms with Gasteiger partial charge in [-0.05, 0) is 26.0 Å². The number of hydrogen-bond acceptors (Lipinski definition) is 8. The second kappa shape index (κ2) is 8.27. The minimum Gasteiger partial charge on any atom is -0.490 e. The van der Waals surface area contributed by atoms with E-state index in [0.717, 1.165) is 0 Å². The monoisotopic (exact) mass is 452 g/mol. The largest absolute Gasteiger partial charge is 0.490 e. The lowest BCUT2D eigenvalue weighted by Gasteiger charge is -2.43. The molecule has 1 aliphatic rings. The third-order valence-corrected chi connectivity index (χ3v) is 5.46. The first-order chi connectivity index (χ1) is 15.6. The van der Waals surface area contributed by atoms with E-state index >= 15 is 0 Å². The van der Waals surface area contributed by atoms with Crippen LogP contribution in [0.1, 0.15) is 39.4 Å². The molecule has 0 aliphatic carbocycles. The van der Waals surface area contributed by atoms with Gasteiger partial charge in [-0.2, -0.15) is 0 Å². The van der Waals surface area contributed by atoms with Crippen molar-refractivity contribution in [3.63, 3.8) is 0 Å². The highest BCUT2D eigenvalue weighted by Crippen LogP contribution is 2.47. The van der Waals surface area contributed by atoms with Crippen LogP contribution in [0.25, 0.3) is 22.3 Å². The molecule has 172 valence electrons. The number of rotatable bonds is 4. The van der Waals surface area contributed by atoms with Crippen molar-refractivity contribution in [3.8, 4) is 22.8 Å². The fraction of sp³-hybridized carbons (Fsp3) is 0.320. The summed E-state index contributed by atoms with van der Waals surface area (Å²) in [6.45, 7) is 5.97. The zero-order valence-electron chi connectivity index (χ0n) is 19.0. The SMILES string of the molecule is COc1c(-c2ccccc2)oc2c3c(ccc2c1=O)OC(C)(C)[C@@H](OC(C)=O)[C@@H]3OC(C)=O. The van der Waals surface area contributed by atoms with Crippen molar-refractivity contribution in [2.75, 3.05) is 7.11 Å². The van der Waals surface area contributed by atoms with Crippen LogP contribution in [0.2, 0.25) is 0 Å². The third-order valence-electron chi connectivity index (χ3n) is 5.46. The first-order valence-corrected chi connectivity index (χ1v) is 10.4. The van der Waals surface area contributed by atoms with Crippen LogP contribution in [-0.2, 0) is 19.1 Å². The van der Waals surface area contributed by atoms with Gasteiger partial charge >= 0.3 is 11.9 Å². The second-order valence-corrected chi connectivity index (χ2v) is 8.28. The van der Waals surface area contributed by atoms with Gasteiger partial charge < -0.3 is 23.4 Å². The zero-order valence-corrected chi connectivity index (χ0v) is 19.0. The van der Waals surface area contributed by atoms with E-state index in [1.54, 1.807) is 38.1 Å². The molecule has 0 N–H and O–H groups in total. The number of ether oxygens (including phenoxy) is 4. The molecule has 2 aromatic carbocycles. The highest BCUT2D eigenvalue weighted by molar-refractivity contribution is 5.87. The Morgan fingerprint density at radius 2 is 1.64 bits per heavy atom. The molecule has 0 radical (unpaired) electrons. The summed E-state index contributed by atoms with van der Waals surface area (Å²) in [5, 5.41) is 0.215. The van der Waals surface area contributed by atoms with Gasteiger partial charge in [-0.1, -0.05) is 30.3 Å². The molecule has 0 saturated heterocycles. The zero-order chi connectivity index (χ0) is 23.9. The van der Waals surface area contributed by atoms with Crippen molar-refractivity contribution in [1.82, 2.24) is 0 Å². The number of esters is 2. The maximum absolute atomic E-state index is 13.3. The summed E-state index contributed by atoms with van der Waals surface area (Å²) in [4.78, 5) is 37.3. The van der Waals surface area contributed by atoms with Gasteiger partial charge in [0.2, 0.25) is 11.2 Å². The van der Waals surface area contributed by atoms with Crippen molar-refractivity contribution in [1.29, 1.82) is 0 Å². The highest BCUT2D eigenvalue weighted by Gasteiger charge is 2.49. The van der Waals surface area contributed by atoms with E-state index in [0.29, 0.717) is 16.9 Å². The summed E-state index contributed by atoms with van der Waals surface area (Å²) < 4.78 is 28.9. The van der Waals surface area contributed by atoms with Crippen LogP contribution in [-0.4, -0.2) is 30.8 Å². The highest BCUT2D eigenvalue weighted by atomic mass is 16.6. The molecule has 2 atom stereocenters. The van der Waals surface area contributed by atoms with Crippen LogP contribution in [0.15, 0.2) is 51.7 Å².